The molecule has 1 aromatic carbocycles. The first-order chi connectivity index (χ1) is 10.1. The zero-order valence-corrected chi connectivity index (χ0v) is 12.5. The fraction of sp³-hybridized carbons (Fsp3) is 0.375. The number of hydrogen-bond donors (Lipinski definition) is 0. The van der Waals surface area contributed by atoms with E-state index in [1.54, 1.807) is 19.4 Å². The van der Waals surface area contributed by atoms with Crippen molar-refractivity contribution >= 4 is 22.7 Å². The number of carbonyl (C=O) groups excluding carboxylic acids is 2. The van der Waals surface area contributed by atoms with E-state index in [4.69, 9.17) is 9.47 Å². The number of nitrogens with zero attached hydrogens (tertiary/aromatic N) is 1. The van der Waals surface area contributed by atoms with Gasteiger partial charge in [-0.3, -0.25) is 4.79 Å². The van der Waals surface area contributed by atoms with E-state index >= 15 is 0 Å². The summed E-state index contributed by atoms with van der Waals surface area (Å²) < 4.78 is 12.0. The number of esters is 1. The lowest BCUT2D eigenvalue weighted by Crippen LogP contribution is -2.17. The summed E-state index contributed by atoms with van der Waals surface area (Å²) >= 11 is 0. The van der Waals surface area contributed by atoms with E-state index in [1.165, 1.54) is 0 Å². The number of ether oxygens (including phenoxy) is 2. The molecule has 2 rings (SSSR count). The molecule has 0 aliphatic rings. The number of methoxy groups -OCH3 is 1. The van der Waals surface area contributed by atoms with Crippen LogP contribution < -0.4 is 4.74 Å². The number of rotatable bonds is 6. The largest absolute Gasteiger partial charge is 0.497 e. The molecule has 0 saturated carbocycles. The first-order valence-electron chi connectivity index (χ1n) is 7.00. The number of hydrogen-bond acceptors (Lipinski definition) is 4. The molecular weight excluding hydrogens is 270 g/mol. The van der Waals surface area contributed by atoms with Crippen molar-refractivity contribution in [2.45, 2.75) is 26.8 Å². The SMILES string of the molecule is CCCOC(=O)C(=O)c1cn(CC)c2ccc(OC)cc12. The molecule has 2 aromatic rings. The van der Waals surface area contributed by atoms with Crippen molar-refractivity contribution in [3.8, 4) is 5.75 Å². The average Bonchev–Trinajstić information content (AvgIpc) is 2.89. The van der Waals surface area contributed by atoms with E-state index in [0.29, 0.717) is 29.7 Å². The Morgan fingerprint density at radius 3 is 2.62 bits per heavy atom. The summed E-state index contributed by atoms with van der Waals surface area (Å²) in [5, 5.41) is 0.703. The quantitative estimate of drug-likeness (QED) is 0.466. The number of Topliss-reactive ketones (excluding diaryl/α,β-unsaturated/α-hetero) is 1. The third kappa shape index (κ3) is 2.91. The minimum atomic E-state index is -0.810. The van der Waals surface area contributed by atoms with Crippen LogP contribution in [0.3, 0.4) is 0 Å². The first kappa shape index (κ1) is 15.1. The average molecular weight is 289 g/mol. The Morgan fingerprint density at radius 1 is 1.24 bits per heavy atom. The van der Waals surface area contributed by atoms with Crippen molar-refractivity contribution in [2.24, 2.45) is 0 Å². The Labute approximate surface area is 123 Å². The molecule has 0 unspecified atom stereocenters. The van der Waals surface area contributed by atoms with Crippen LogP contribution in [-0.4, -0.2) is 30.0 Å². The number of ketones is 1. The minimum absolute atomic E-state index is 0.250. The van der Waals surface area contributed by atoms with Crippen LogP contribution in [0.15, 0.2) is 24.4 Å². The van der Waals surface area contributed by atoms with Crippen molar-refractivity contribution in [1.29, 1.82) is 0 Å². The topological polar surface area (TPSA) is 57.5 Å². The molecule has 0 N–H and O–H groups in total. The molecule has 0 aliphatic heterocycles. The third-order valence-electron chi connectivity index (χ3n) is 3.30. The predicted octanol–water partition coefficient (Wildman–Crippen LogP) is 2.81. The number of fused-ring (bicyclic) bond motifs is 1. The molecule has 5 heteroatoms. The highest BCUT2D eigenvalue weighted by Crippen LogP contribution is 2.26. The van der Waals surface area contributed by atoms with E-state index in [2.05, 4.69) is 0 Å². The highest BCUT2D eigenvalue weighted by molar-refractivity contribution is 6.43. The van der Waals surface area contributed by atoms with Crippen LogP contribution in [0, 0.1) is 0 Å². The molecule has 0 bridgehead atoms. The summed E-state index contributed by atoms with van der Waals surface area (Å²) in [4.78, 5) is 24.1. The Balaban J connectivity index is 2.47. The lowest BCUT2D eigenvalue weighted by atomic mass is 10.1. The summed E-state index contributed by atoms with van der Waals surface area (Å²) in [5.41, 5.74) is 1.25. The molecule has 0 spiro atoms. The van der Waals surface area contributed by atoms with Crippen LogP contribution in [0.5, 0.6) is 5.75 Å². The summed E-state index contributed by atoms with van der Waals surface area (Å²) in [6.45, 7) is 4.82. The van der Waals surface area contributed by atoms with E-state index < -0.39 is 11.8 Å². The second kappa shape index (κ2) is 6.43. The molecule has 0 saturated heterocycles. The van der Waals surface area contributed by atoms with Crippen molar-refractivity contribution < 1.29 is 19.1 Å². The fourth-order valence-corrected chi connectivity index (χ4v) is 2.22. The smallest absolute Gasteiger partial charge is 0.379 e. The van der Waals surface area contributed by atoms with Crippen molar-refractivity contribution in [3.63, 3.8) is 0 Å². The molecule has 1 heterocycles. The Kier molecular flexibility index (Phi) is 4.62. The zero-order valence-electron chi connectivity index (χ0n) is 12.5. The molecule has 1 aromatic heterocycles. The van der Waals surface area contributed by atoms with Gasteiger partial charge >= 0.3 is 5.97 Å². The number of carbonyl (C=O) groups is 2. The number of aromatic nitrogens is 1. The van der Waals surface area contributed by atoms with Crippen molar-refractivity contribution in [3.05, 3.63) is 30.0 Å². The second-order valence-corrected chi connectivity index (χ2v) is 4.68. The molecule has 5 nitrogen and oxygen atoms in total. The van der Waals surface area contributed by atoms with Gasteiger partial charge in [0.2, 0.25) is 0 Å². The normalized spacial score (nSPS) is 10.6. The summed E-state index contributed by atoms with van der Waals surface area (Å²) in [5.74, 6) is -0.781. The maximum Gasteiger partial charge on any atom is 0.379 e. The Bertz CT molecular complexity index is 672. The van der Waals surface area contributed by atoms with Gasteiger partial charge < -0.3 is 14.0 Å². The van der Waals surface area contributed by atoms with Gasteiger partial charge in [0.05, 0.1) is 19.3 Å². The van der Waals surface area contributed by atoms with Crippen LogP contribution in [-0.2, 0) is 16.1 Å². The first-order valence-corrected chi connectivity index (χ1v) is 7.00. The monoisotopic (exact) mass is 289 g/mol. The van der Waals surface area contributed by atoms with E-state index in [1.807, 2.05) is 30.5 Å². The summed E-state index contributed by atoms with van der Waals surface area (Å²) in [7, 11) is 1.56. The van der Waals surface area contributed by atoms with Crippen LogP contribution in [0.25, 0.3) is 10.9 Å². The Hall–Kier alpha value is -2.30. The van der Waals surface area contributed by atoms with Crippen LogP contribution in [0.2, 0.25) is 0 Å². The van der Waals surface area contributed by atoms with Gasteiger partial charge in [-0.05, 0) is 31.5 Å². The van der Waals surface area contributed by atoms with Gasteiger partial charge in [0, 0.05) is 23.6 Å². The van der Waals surface area contributed by atoms with Gasteiger partial charge in [-0.2, -0.15) is 0 Å². The lowest BCUT2D eigenvalue weighted by Gasteiger charge is -2.03. The summed E-state index contributed by atoms with van der Waals surface area (Å²) in [6.07, 6.45) is 2.38. The highest BCUT2D eigenvalue weighted by Gasteiger charge is 2.23. The molecule has 0 amide bonds. The van der Waals surface area contributed by atoms with Crippen LogP contribution >= 0.6 is 0 Å². The van der Waals surface area contributed by atoms with Gasteiger partial charge in [0.25, 0.3) is 5.78 Å². The number of benzene rings is 1. The number of aryl methyl sites for hydroxylation is 1. The molecule has 21 heavy (non-hydrogen) atoms. The van der Waals surface area contributed by atoms with Gasteiger partial charge in [0.15, 0.2) is 0 Å². The van der Waals surface area contributed by atoms with Gasteiger partial charge in [-0.1, -0.05) is 6.92 Å². The minimum Gasteiger partial charge on any atom is -0.497 e. The molecule has 0 radical (unpaired) electrons. The van der Waals surface area contributed by atoms with Gasteiger partial charge in [0.1, 0.15) is 5.75 Å². The fourth-order valence-electron chi connectivity index (χ4n) is 2.22. The van der Waals surface area contributed by atoms with E-state index in [0.717, 1.165) is 5.52 Å². The van der Waals surface area contributed by atoms with Crippen LogP contribution in [0.4, 0.5) is 0 Å². The zero-order chi connectivity index (χ0) is 15.4. The molecular formula is C16H19NO4. The van der Waals surface area contributed by atoms with E-state index in [9.17, 15) is 9.59 Å². The Morgan fingerprint density at radius 2 is 2.00 bits per heavy atom. The molecule has 0 aliphatic carbocycles. The molecule has 0 fully saturated rings. The maximum absolute atomic E-state index is 12.3. The summed E-state index contributed by atoms with van der Waals surface area (Å²) in [6, 6.07) is 5.48. The second-order valence-electron chi connectivity index (χ2n) is 4.68. The van der Waals surface area contributed by atoms with Crippen LogP contribution in [0.1, 0.15) is 30.6 Å². The molecule has 0 atom stereocenters. The van der Waals surface area contributed by atoms with Crippen molar-refractivity contribution in [1.82, 2.24) is 4.57 Å². The maximum atomic E-state index is 12.3. The third-order valence-corrected chi connectivity index (χ3v) is 3.30. The standard InChI is InChI=1S/C16H19NO4/c1-4-8-21-16(19)15(18)13-10-17(5-2)14-7-6-11(20-3)9-12(13)14/h6-7,9-10H,4-5,8H2,1-3H3. The highest BCUT2D eigenvalue weighted by atomic mass is 16.5. The van der Waals surface area contributed by atoms with E-state index in [-0.39, 0.29) is 6.61 Å². The lowest BCUT2D eigenvalue weighted by molar-refractivity contribution is -0.138. The van der Waals surface area contributed by atoms with Crippen molar-refractivity contribution in [2.75, 3.05) is 13.7 Å². The predicted molar refractivity (Wildman–Crippen MR) is 79.7 cm³/mol. The molecule has 112 valence electrons. The van der Waals surface area contributed by atoms with Gasteiger partial charge in [-0.15, -0.1) is 0 Å². The van der Waals surface area contributed by atoms with Gasteiger partial charge in [-0.25, -0.2) is 4.79 Å².